The number of nitrogens with zero attached hydrogens (tertiary/aromatic N) is 1. The van der Waals surface area contributed by atoms with Gasteiger partial charge in [-0.05, 0) is 29.1 Å². The molecule has 0 aromatic heterocycles. The minimum Gasteiger partial charge on any atom is -0.359 e. The Morgan fingerprint density at radius 1 is 0.935 bits per heavy atom. The maximum absolute atomic E-state index is 13.9. The molecular formula is C21H11ClF6N2O. The Morgan fingerprint density at radius 2 is 1.55 bits per heavy atom. The zero-order valence-corrected chi connectivity index (χ0v) is 16.0. The molecule has 1 atom stereocenters. The van der Waals surface area contributed by atoms with E-state index < -0.39 is 41.1 Å². The molecule has 0 fully saturated rings. The monoisotopic (exact) mass is 456 g/mol. The summed E-state index contributed by atoms with van der Waals surface area (Å²) in [5, 5.41) is 3.16. The van der Waals surface area contributed by atoms with Crippen LogP contribution >= 0.6 is 11.6 Å². The van der Waals surface area contributed by atoms with E-state index in [1.807, 2.05) is 0 Å². The highest BCUT2D eigenvalue weighted by atomic mass is 35.5. The predicted molar refractivity (Wildman–Crippen MR) is 105 cm³/mol. The van der Waals surface area contributed by atoms with Crippen molar-refractivity contribution in [3.05, 3.63) is 76.3 Å². The SMILES string of the molecule is O=C(c1cc2c(c3ccccc13)NC(c1ccc(Cl)cc1)N=C2C(F)(F)F)C(F)(F)F. The summed E-state index contributed by atoms with van der Waals surface area (Å²) in [4.78, 5) is 15.7. The Labute approximate surface area is 176 Å². The number of Topliss-reactive ketones (excluding diaryl/α,β-unsaturated/α-hetero) is 1. The molecule has 160 valence electrons. The number of alkyl halides is 6. The number of ketones is 1. The van der Waals surface area contributed by atoms with Crippen LogP contribution in [-0.2, 0) is 0 Å². The molecule has 0 bridgehead atoms. The number of aliphatic imine (C=N–C) groups is 1. The number of fused-ring (bicyclic) bond motifs is 3. The van der Waals surface area contributed by atoms with Crippen molar-refractivity contribution in [2.75, 3.05) is 5.32 Å². The minimum atomic E-state index is -5.25. The first-order chi connectivity index (χ1) is 14.5. The lowest BCUT2D eigenvalue weighted by atomic mass is 9.92. The largest absolute Gasteiger partial charge is 0.454 e. The number of rotatable bonds is 2. The fourth-order valence-corrected chi connectivity index (χ4v) is 3.58. The Morgan fingerprint density at radius 3 is 2.13 bits per heavy atom. The highest BCUT2D eigenvalue weighted by Crippen LogP contribution is 2.42. The third-order valence-electron chi connectivity index (χ3n) is 4.80. The van der Waals surface area contributed by atoms with Crippen molar-refractivity contribution in [2.24, 2.45) is 4.99 Å². The number of hydrogen-bond acceptors (Lipinski definition) is 3. The lowest BCUT2D eigenvalue weighted by Crippen LogP contribution is -2.32. The first kappa shape index (κ1) is 21.2. The number of anilines is 1. The van der Waals surface area contributed by atoms with Gasteiger partial charge in [-0.1, -0.05) is 48.0 Å². The van der Waals surface area contributed by atoms with Crippen molar-refractivity contribution >= 4 is 39.6 Å². The van der Waals surface area contributed by atoms with Gasteiger partial charge in [0.05, 0.1) is 5.69 Å². The van der Waals surface area contributed by atoms with Crippen molar-refractivity contribution in [1.82, 2.24) is 0 Å². The van der Waals surface area contributed by atoms with Crippen molar-refractivity contribution < 1.29 is 31.1 Å². The fourth-order valence-electron chi connectivity index (χ4n) is 3.45. The quantitative estimate of drug-likeness (QED) is 0.344. The molecular weight excluding hydrogens is 446 g/mol. The van der Waals surface area contributed by atoms with Crippen LogP contribution in [0.4, 0.5) is 32.0 Å². The third-order valence-corrected chi connectivity index (χ3v) is 5.05. The molecule has 3 aromatic carbocycles. The molecule has 0 aliphatic carbocycles. The van der Waals surface area contributed by atoms with Gasteiger partial charge >= 0.3 is 12.4 Å². The van der Waals surface area contributed by atoms with Gasteiger partial charge in [-0.15, -0.1) is 0 Å². The number of nitrogens with one attached hydrogen (secondary N) is 1. The van der Waals surface area contributed by atoms with Crippen LogP contribution in [0.2, 0.25) is 5.02 Å². The van der Waals surface area contributed by atoms with Crippen LogP contribution in [0.1, 0.15) is 27.7 Å². The standard InChI is InChI=1S/C21H11ClF6N2O/c22-11-7-5-10(6-8-11)19-29-16-13-4-2-1-3-12(13)14(18(31)21(26,27)28)9-15(16)17(30-19)20(23,24)25/h1-9,19,29H. The summed E-state index contributed by atoms with van der Waals surface area (Å²) in [7, 11) is 0. The Hall–Kier alpha value is -3.07. The fraction of sp³-hybridized carbons (Fsp3) is 0.143. The summed E-state index contributed by atoms with van der Waals surface area (Å²) >= 11 is 5.83. The molecule has 0 saturated heterocycles. The van der Waals surface area contributed by atoms with Gasteiger partial charge in [-0.3, -0.25) is 9.79 Å². The normalized spacial score (nSPS) is 16.5. The number of hydrogen-bond donors (Lipinski definition) is 1. The van der Waals surface area contributed by atoms with Gasteiger partial charge in [0.15, 0.2) is 5.71 Å². The van der Waals surface area contributed by atoms with Gasteiger partial charge in [0.2, 0.25) is 0 Å². The van der Waals surface area contributed by atoms with E-state index in [-0.39, 0.29) is 16.5 Å². The summed E-state index contributed by atoms with van der Waals surface area (Å²) in [6, 6.07) is 12.0. The molecule has 1 unspecified atom stereocenters. The predicted octanol–water partition coefficient (Wildman–Crippen LogP) is 6.71. The smallest absolute Gasteiger partial charge is 0.359 e. The van der Waals surface area contributed by atoms with Gasteiger partial charge in [0.25, 0.3) is 5.78 Å². The van der Waals surface area contributed by atoms with Crippen LogP contribution in [0.25, 0.3) is 10.8 Å². The van der Waals surface area contributed by atoms with Gasteiger partial charge in [-0.2, -0.15) is 26.3 Å². The molecule has 1 N–H and O–H groups in total. The van der Waals surface area contributed by atoms with E-state index in [1.165, 1.54) is 48.5 Å². The second-order valence-electron chi connectivity index (χ2n) is 6.79. The van der Waals surface area contributed by atoms with Gasteiger partial charge in [0, 0.05) is 21.5 Å². The van der Waals surface area contributed by atoms with Crippen LogP contribution in [0.15, 0.2) is 59.6 Å². The van der Waals surface area contributed by atoms with Crippen molar-refractivity contribution in [2.45, 2.75) is 18.5 Å². The first-order valence-electron chi connectivity index (χ1n) is 8.81. The maximum Gasteiger partial charge on any atom is 0.454 e. The van der Waals surface area contributed by atoms with E-state index in [0.717, 1.165) is 0 Å². The molecule has 10 heteroatoms. The average molecular weight is 457 g/mol. The van der Waals surface area contributed by atoms with E-state index >= 15 is 0 Å². The Bertz CT molecular complexity index is 1220. The van der Waals surface area contributed by atoms with Gasteiger partial charge in [-0.25, -0.2) is 0 Å². The molecule has 0 amide bonds. The zero-order chi connectivity index (χ0) is 22.6. The van der Waals surface area contributed by atoms with Gasteiger partial charge in [0.1, 0.15) is 6.17 Å². The Balaban J connectivity index is 2.00. The molecule has 3 nitrogen and oxygen atoms in total. The molecule has 1 aliphatic heterocycles. The topological polar surface area (TPSA) is 41.5 Å². The van der Waals surface area contributed by atoms with E-state index in [4.69, 9.17) is 11.6 Å². The van der Waals surface area contributed by atoms with Crippen LogP contribution in [0.5, 0.6) is 0 Å². The second-order valence-corrected chi connectivity index (χ2v) is 7.23. The lowest BCUT2D eigenvalue weighted by Gasteiger charge is -2.29. The Kier molecular flexibility index (Phi) is 4.96. The van der Waals surface area contributed by atoms with E-state index in [9.17, 15) is 31.1 Å². The summed E-state index contributed by atoms with van der Waals surface area (Å²) in [5.74, 6) is -2.23. The van der Waals surface area contributed by atoms with E-state index in [2.05, 4.69) is 10.3 Å². The lowest BCUT2D eigenvalue weighted by molar-refractivity contribution is -0.0884. The van der Waals surface area contributed by atoms with Crippen molar-refractivity contribution in [1.29, 1.82) is 0 Å². The number of carbonyl (C=O) groups is 1. The average Bonchev–Trinajstić information content (AvgIpc) is 2.71. The molecule has 1 aliphatic rings. The zero-order valence-electron chi connectivity index (χ0n) is 15.3. The highest BCUT2D eigenvalue weighted by Gasteiger charge is 2.44. The molecule has 1 heterocycles. The molecule has 0 radical (unpaired) electrons. The van der Waals surface area contributed by atoms with E-state index in [0.29, 0.717) is 16.7 Å². The van der Waals surface area contributed by atoms with Crippen LogP contribution in [-0.4, -0.2) is 23.8 Å². The highest BCUT2D eigenvalue weighted by molar-refractivity contribution is 6.30. The third kappa shape index (κ3) is 3.85. The molecule has 0 saturated carbocycles. The summed E-state index contributed by atoms with van der Waals surface area (Å²) in [5.41, 5.74) is -2.55. The number of benzene rings is 3. The van der Waals surface area contributed by atoms with Crippen LogP contribution in [0.3, 0.4) is 0 Å². The van der Waals surface area contributed by atoms with Gasteiger partial charge < -0.3 is 5.32 Å². The second kappa shape index (κ2) is 7.26. The van der Waals surface area contributed by atoms with Crippen LogP contribution < -0.4 is 5.32 Å². The first-order valence-corrected chi connectivity index (χ1v) is 9.19. The van der Waals surface area contributed by atoms with E-state index in [1.54, 1.807) is 0 Å². The van der Waals surface area contributed by atoms with Crippen molar-refractivity contribution in [3.63, 3.8) is 0 Å². The summed E-state index contributed by atoms with van der Waals surface area (Å²) < 4.78 is 80.9. The maximum atomic E-state index is 13.9. The summed E-state index contributed by atoms with van der Waals surface area (Å²) in [6.45, 7) is 0. The van der Waals surface area contributed by atoms with Crippen molar-refractivity contribution in [3.8, 4) is 0 Å². The number of carbonyl (C=O) groups excluding carboxylic acids is 1. The molecule has 4 rings (SSSR count). The van der Waals surface area contributed by atoms with Crippen LogP contribution in [0, 0.1) is 0 Å². The molecule has 31 heavy (non-hydrogen) atoms. The number of halogens is 7. The minimum absolute atomic E-state index is 0.0446. The summed E-state index contributed by atoms with van der Waals surface area (Å²) in [6.07, 6.45) is -11.4. The molecule has 0 spiro atoms. The molecule has 3 aromatic rings.